The lowest BCUT2D eigenvalue weighted by Gasteiger charge is -2.16. The maximum Gasteiger partial charge on any atom is 0.274 e. The first-order valence-electron chi connectivity index (χ1n) is 10.4. The minimum Gasteiger partial charge on any atom is -0.337 e. The van der Waals surface area contributed by atoms with Crippen molar-refractivity contribution < 1.29 is 13.6 Å². The minimum atomic E-state index is -0.667. The predicted octanol–water partition coefficient (Wildman–Crippen LogP) is 3.83. The van der Waals surface area contributed by atoms with Crippen molar-refractivity contribution in [3.05, 3.63) is 76.9 Å². The molecule has 3 atom stereocenters. The Morgan fingerprint density at radius 3 is 2.87 bits per heavy atom. The number of hydrogen-bond acceptors (Lipinski definition) is 3. The van der Waals surface area contributed by atoms with Crippen molar-refractivity contribution in [2.24, 2.45) is 5.92 Å². The van der Waals surface area contributed by atoms with Gasteiger partial charge in [0.2, 0.25) is 0 Å². The Morgan fingerprint density at radius 1 is 1.17 bits per heavy atom. The summed E-state index contributed by atoms with van der Waals surface area (Å²) >= 11 is 0. The SMILES string of the molecule is O=C(c1nn(-c2ccc(F)cc2F)c2c1C[C@H]1C[C@@H]21)N1CCC(c2ccccn2)C1. The van der Waals surface area contributed by atoms with Crippen LogP contribution in [0, 0.1) is 17.6 Å². The van der Waals surface area contributed by atoms with E-state index in [1.807, 2.05) is 23.1 Å². The fourth-order valence-electron chi connectivity index (χ4n) is 5.08. The van der Waals surface area contributed by atoms with E-state index in [0.29, 0.717) is 30.6 Å². The first-order valence-corrected chi connectivity index (χ1v) is 10.4. The van der Waals surface area contributed by atoms with E-state index in [2.05, 4.69) is 10.1 Å². The minimum absolute atomic E-state index is 0.104. The van der Waals surface area contributed by atoms with Crippen LogP contribution in [-0.2, 0) is 6.42 Å². The van der Waals surface area contributed by atoms with Crippen molar-refractivity contribution >= 4 is 5.91 Å². The Labute approximate surface area is 172 Å². The van der Waals surface area contributed by atoms with Gasteiger partial charge >= 0.3 is 0 Å². The van der Waals surface area contributed by atoms with Gasteiger partial charge in [-0.3, -0.25) is 9.78 Å². The van der Waals surface area contributed by atoms with Gasteiger partial charge in [-0.2, -0.15) is 5.10 Å². The summed E-state index contributed by atoms with van der Waals surface area (Å²) in [7, 11) is 0. The second-order valence-electron chi connectivity index (χ2n) is 8.52. The van der Waals surface area contributed by atoms with Gasteiger partial charge in [0.05, 0.1) is 5.69 Å². The summed E-state index contributed by atoms with van der Waals surface area (Å²) in [5.74, 6) is -0.351. The first-order chi connectivity index (χ1) is 14.6. The van der Waals surface area contributed by atoms with Crippen molar-refractivity contribution in [1.82, 2.24) is 19.7 Å². The zero-order valence-electron chi connectivity index (χ0n) is 16.3. The van der Waals surface area contributed by atoms with Crippen LogP contribution in [0.1, 0.15) is 52.1 Å². The van der Waals surface area contributed by atoms with Gasteiger partial charge in [0.15, 0.2) is 11.5 Å². The highest BCUT2D eigenvalue weighted by atomic mass is 19.1. The topological polar surface area (TPSA) is 51.0 Å². The summed E-state index contributed by atoms with van der Waals surface area (Å²) in [6, 6.07) is 9.33. The number of likely N-dealkylation sites (tertiary alicyclic amines) is 1. The van der Waals surface area contributed by atoms with Crippen LogP contribution in [0.5, 0.6) is 0 Å². The number of amides is 1. The number of hydrogen-bond donors (Lipinski definition) is 0. The quantitative estimate of drug-likeness (QED) is 0.664. The van der Waals surface area contributed by atoms with Gasteiger partial charge in [-0.15, -0.1) is 0 Å². The molecule has 1 unspecified atom stereocenters. The maximum atomic E-state index is 14.5. The Bertz CT molecular complexity index is 1160. The number of carbonyl (C=O) groups is 1. The van der Waals surface area contributed by atoms with Gasteiger partial charge in [-0.1, -0.05) is 6.07 Å². The number of nitrogens with zero attached hydrogens (tertiary/aromatic N) is 4. The summed E-state index contributed by atoms with van der Waals surface area (Å²) in [6.45, 7) is 1.26. The second kappa shape index (κ2) is 6.45. The Hall–Kier alpha value is -3.09. The van der Waals surface area contributed by atoms with E-state index in [4.69, 9.17) is 0 Å². The highest BCUT2D eigenvalue weighted by Gasteiger charge is 2.50. The molecule has 3 aliphatic rings. The fourth-order valence-corrected chi connectivity index (χ4v) is 5.08. The number of halogens is 2. The van der Waals surface area contributed by atoms with Crippen molar-refractivity contribution in [3.8, 4) is 5.69 Å². The van der Waals surface area contributed by atoms with E-state index in [-0.39, 0.29) is 17.5 Å². The van der Waals surface area contributed by atoms with Crippen LogP contribution in [-0.4, -0.2) is 38.7 Å². The molecule has 0 N–H and O–H groups in total. The van der Waals surface area contributed by atoms with Gasteiger partial charge in [0.25, 0.3) is 5.91 Å². The molecular weight excluding hydrogens is 386 g/mol. The summed E-state index contributed by atoms with van der Waals surface area (Å²) in [5, 5.41) is 4.56. The average molecular weight is 406 g/mol. The highest BCUT2D eigenvalue weighted by molar-refractivity contribution is 5.95. The molecule has 152 valence electrons. The van der Waals surface area contributed by atoms with Gasteiger partial charge in [0, 0.05) is 48.4 Å². The van der Waals surface area contributed by atoms with E-state index in [9.17, 15) is 13.6 Å². The molecule has 0 bridgehead atoms. The van der Waals surface area contributed by atoms with Crippen LogP contribution in [0.4, 0.5) is 8.78 Å². The molecule has 1 saturated carbocycles. The van der Waals surface area contributed by atoms with E-state index in [1.165, 1.54) is 12.1 Å². The van der Waals surface area contributed by atoms with Gasteiger partial charge in [-0.25, -0.2) is 13.5 Å². The molecule has 7 heteroatoms. The fraction of sp³-hybridized carbons (Fsp3) is 0.348. The third kappa shape index (κ3) is 2.68. The summed E-state index contributed by atoms with van der Waals surface area (Å²) in [4.78, 5) is 19.6. The van der Waals surface area contributed by atoms with Crippen LogP contribution >= 0.6 is 0 Å². The van der Waals surface area contributed by atoms with E-state index in [0.717, 1.165) is 42.3 Å². The monoisotopic (exact) mass is 406 g/mol. The molecule has 1 amide bonds. The number of aromatic nitrogens is 3. The van der Waals surface area contributed by atoms with Gasteiger partial charge in [0.1, 0.15) is 11.5 Å². The molecule has 1 aromatic carbocycles. The average Bonchev–Trinajstić information content (AvgIpc) is 3.11. The summed E-state index contributed by atoms with van der Waals surface area (Å²) in [6.07, 6.45) is 4.49. The lowest BCUT2D eigenvalue weighted by molar-refractivity contribution is 0.0783. The molecule has 5 nitrogen and oxygen atoms in total. The van der Waals surface area contributed by atoms with E-state index >= 15 is 0 Å². The number of pyridine rings is 1. The molecule has 3 heterocycles. The lowest BCUT2D eigenvalue weighted by atomic mass is 10.0. The molecule has 1 aliphatic heterocycles. The number of rotatable bonds is 3. The highest BCUT2D eigenvalue weighted by Crippen LogP contribution is 2.57. The second-order valence-corrected chi connectivity index (χ2v) is 8.52. The van der Waals surface area contributed by atoms with E-state index < -0.39 is 11.6 Å². The van der Waals surface area contributed by atoms with Crippen molar-refractivity contribution in [2.75, 3.05) is 13.1 Å². The molecule has 3 aromatic rings. The number of carbonyl (C=O) groups excluding carboxylic acids is 1. The van der Waals surface area contributed by atoms with Crippen LogP contribution in [0.25, 0.3) is 5.69 Å². The normalized spacial score (nSPS) is 24.1. The number of fused-ring (bicyclic) bond motifs is 3. The third-order valence-corrected chi connectivity index (χ3v) is 6.69. The Morgan fingerprint density at radius 2 is 2.07 bits per heavy atom. The molecule has 6 rings (SSSR count). The van der Waals surface area contributed by atoms with Gasteiger partial charge in [-0.05, 0) is 49.4 Å². The predicted molar refractivity (Wildman–Crippen MR) is 106 cm³/mol. The van der Waals surface area contributed by atoms with Crippen LogP contribution in [0.2, 0.25) is 0 Å². The zero-order valence-corrected chi connectivity index (χ0v) is 16.3. The maximum absolute atomic E-state index is 14.5. The van der Waals surface area contributed by atoms with Crippen LogP contribution < -0.4 is 0 Å². The molecule has 2 aromatic heterocycles. The Kier molecular flexibility index (Phi) is 3.82. The van der Waals surface area contributed by atoms with Crippen molar-refractivity contribution in [2.45, 2.75) is 31.1 Å². The summed E-state index contributed by atoms with van der Waals surface area (Å²) < 4.78 is 29.4. The van der Waals surface area contributed by atoms with Gasteiger partial charge < -0.3 is 4.90 Å². The lowest BCUT2D eigenvalue weighted by Crippen LogP contribution is -2.29. The summed E-state index contributed by atoms with van der Waals surface area (Å²) in [5.41, 5.74) is 3.48. The van der Waals surface area contributed by atoms with E-state index in [1.54, 1.807) is 10.9 Å². The van der Waals surface area contributed by atoms with Crippen LogP contribution in [0.3, 0.4) is 0 Å². The molecular formula is C23H20F2N4O. The third-order valence-electron chi connectivity index (χ3n) is 6.69. The molecule has 0 spiro atoms. The van der Waals surface area contributed by atoms with Crippen molar-refractivity contribution in [3.63, 3.8) is 0 Å². The molecule has 0 radical (unpaired) electrons. The largest absolute Gasteiger partial charge is 0.337 e. The molecule has 1 saturated heterocycles. The number of benzene rings is 1. The Balaban J connectivity index is 1.34. The zero-order chi connectivity index (χ0) is 20.4. The van der Waals surface area contributed by atoms with Crippen LogP contribution in [0.15, 0.2) is 42.6 Å². The van der Waals surface area contributed by atoms with Crippen molar-refractivity contribution in [1.29, 1.82) is 0 Å². The molecule has 2 fully saturated rings. The first kappa shape index (κ1) is 17.7. The smallest absolute Gasteiger partial charge is 0.274 e. The molecule has 2 aliphatic carbocycles. The standard InChI is InChI=1S/C23H20F2N4O/c24-15-4-5-20(18(25)11-15)29-22-16-9-14(16)10-17(22)21(27-29)23(30)28-8-6-13(12-28)19-3-1-2-7-26-19/h1-5,7,11,13-14,16H,6,8-10,12H2/t13?,14-,16-/m1/s1. The molecule has 30 heavy (non-hydrogen) atoms.